The van der Waals surface area contributed by atoms with Gasteiger partial charge in [-0.1, -0.05) is 0 Å². The monoisotopic (exact) mass is 264 g/mol. The van der Waals surface area contributed by atoms with E-state index in [4.69, 9.17) is 19.3 Å². The maximum Gasteiger partial charge on any atom is 0.164 e. The molecule has 0 amide bonds. The minimum atomic E-state index is -0.0946. The smallest absolute Gasteiger partial charge is 0.164 e. The molecule has 0 fully saturated rings. The number of aliphatic hydroxyl groups excluding tert-OH is 1. The molecule has 0 atom stereocenters. The molecule has 0 radical (unpaired) electrons. The van der Waals surface area contributed by atoms with Gasteiger partial charge in [0, 0.05) is 6.07 Å². The van der Waals surface area contributed by atoms with Crippen LogP contribution in [0.5, 0.6) is 17.2 Å². The summed E-state index contributed by atoms with van der Waals surface area (Å²) in [6, 6.07) is 3.51. The van der Waals surface area contributed by atoms with E-state index in [0.717, 1.165) is 5.56 Å². The van der Waals surface area contributed by atoms with Crippen LogP contribution in [0.4, 0.5) is 0 Å². The molecule has 19 heavy (non-hydrogen) atoms. The topological polar surface area (TPSA) is 76.6 Å². The lowest BCUT2D eigenvalue weighted by molar-refractivity contribution is 0.277. The van der Waals surface area contributed by atoms with Crippen molar-refractivity contribution in [1.82, 2.24) is 9.97 Å². The molecule has 2 N–H and O–H groups in total. The van der Waals surface area contributed by atoms with Crippen LogP contribution in [-0.2, 0) is 6.61 Å². The van der Waals surface area contributed by atoms with Crippen molar-refractivity contribution in [3.05, 3.63) is 24.0 Å². The Balaban J connectivity index is 2.54. The van der Waals surface area contributed by atoms with Gasteiger partial charge in [0.05, 0.1) is 45.4 Å². The average molecular weight is 264 g/mol. The minimum absolute atomic E-state index is 0.0946. The minimum Gasteiger partial charge on any atom is -0.496 e. The Morgan fingerprint density at radius 2 is 1.68 bits per heavy atom. The highest BCUT2D eigenvalue weighted by atomic mass is 16.5. The van der Waals surface area contributed by atoms with E-state index in [1.165, 1.54) is 0 Å². The number of aromatic amines is 1. The SMILES string of the molecule is COc1cc(OC)c(-c2ncc(CO)[nH]2)cc1OC. The van der Waals surface area contributed by atoms with E-state index in [2.05, 4.69) is 9.97 Å². The lowest BCUT2D eigenvalue weighted by Crippen LogP contribution is -1.95. The molecule has 6 heteroatoms. The summed E-state index contributed by atoms with van der Waals surface area (Å²) in [5.74, 6) is 2.37. The molecule has 0 spiro atoms. The maximum absolute atomic E-state index is 9.06. The first-order chi connectivity index (χ1) is 9.23. The van der Waals surface area contributed by atoms with Gasteiger partial charge in [-0.3, -0.25) is 0 Å². The average Bonchev–Trinajstić information content (AvgIpc) is 2.94. The molecule has 6 nitrogen and oxygen atoms in total. The van der Waals surface area contributed by atoms with Crippen molar-refractivity contribution < 1.29 is 19.3 Å². The number of methoxy groups -OCH3 is 3. The van der Waals surface area contributed by atoms with Crippen molar-refractivity contribution >= 4 is 0 Å². The lowest BCUT2D eigenvalue weighted by Gasteiger charge is -2.12. The van der Waals surface area contributed by atoms with Crippen LogP contribution in [0.3, 0.4) is 0 Å². The van der Waals surface area contributed by atoms with Crippen molar-refractivity contribution in [3.63, 3.8) is 0 Å². The fourth-order valence-corrected chi connectivity index (χ4v) is 1.79. The van der Waals surface area contributed by atoms with Gasteiger partial charge in [-0.15, -0.1) is 0 Å². The van der Waals surface area contributed by atoms with Crippen molar-refractivity contribution in [2.24, 2.45) is 0 Å². The molecule has 1 aromatic carbocycles. The summed E-state index contributed by atoms with van der Waals surface area (Å²) in [6.07, 6.45) is 1.57. The second-order valence-corrected chi connectivity index (χ2v) is 3.82. The zero-order valence-corrected chi connectivity index (χ0v) is 11.1. The summed E-state index contributed by atoms with van der Waals surface area (Å²) < 4.78 is 15.8. The maximum atomic E-state index is 9.06. The Labute approximate surface area is 111 Å². The predicted octanol–water partition coefficient (Wildman–Crippen LogP) is 1.59. The van der Waals surface area contributed by atoms with Crippen LogP contribution in [-0.4, -0.2) is 36.4 Å². The van der Waals surface area contributed by atoms with Crippen LogP contribution in [0.1, 0.15) is 5.69 Å². The highest BCUT2D eigenvalue weighted by Gasteiger charge is 2.15. The Morgan fingerprint density at radius 1 is 1.05 bits per heavy atom. The summed E-state index contributed by atoms with van der Waals surface area (Å²) >= 11 is 0. The number of aliphatic hydroxyl groups is 1. The Hall–Kier alpha value is -2.21. The number of hydrogen-bond acceptors (Lipinski definition) is 5. The first kappa shape index (κ1) is 13.2. The molecule has 0 saturated heterocycles. The van der Waals surface area contributed by atoms with E-state index in [1.54, 1.807) is 39.7 Å². The third kappa shape index (κ3) is 2.48. The Kier molecular flexibility index (Phi) is 3.91. The van der Waals surface area contributed by atoms with Gasteiger partial charge in [0.25, 0.3) is 0 Å². The Bertz CT molecular complexity index is 566. The number of benzene rings is 1. The van der Waals surface area contributed by atoms with Gasteiger partial charge in [-0.25, -0.2) is 4.98 Å². The molecule has 0 aliphatic carbocycles. The largest absolute Gasteiger partial charge is 0.496 e. The normalized spacial score (nSPS) is 10.3. The second kappa shape index (κ2) is 5.62. The fourth-order valence-electron chi connectivity index (χ4n) is 1.79. The van der Waals surface area contributed by atoms with E-state index in [1.807, 2.05) is 0 Å². The highest BCUT2D eigenvalue weighted by Crippen LogP contribution is 2.38. The summed E-state index contributed by atoms with van der Waals surface area (Å²) in [6.45, 7) is -0.0946. The summed E-state index contributed by atoms with van der Waals surface area (Å²) in [5, 5.41) is 9.06. The zero-order valence-electron chi connectivity index (χ0n) is 11.1. The molecule has 0 aliphatic heterocycles. The van der Waals surface area contributed by atoms with Gasteiger partial charge in [0.1, 0.15) is 11.6 Å². The van der Waals surface area contributed by atoms with Crippen molar-refractivity contribution in [3.8, 4) is 28.6 Å². The molecule has 0 saturated carbocycles. The molecular weight excluding hydrogens is 248 g/mol. The molecule has 2 aromatic rings. The van der Waals surface area contributed by atoms with Crippen LogP contribution < -0.4 is 14.2 Å². The highest BCUT2D eigenvalue weighted by molar-refractivity contribution is 5.69. The Morgan fingerprint density at radius 3 is 2.21 bits per heavy atom. The van der Waals surface area contributed by atoms with Crippen molar-refractivity contribution in [2.45, 2.75) is 6.61 Å². The number of H-pyrrole nitrogens is 1. The first-order valence-electron chi connectivity index (χ1n) is 5.68. The molecule has 0 bridgehead atoms. The van der Waals surface area contributed by atoms with Gasteiger partial charge >= 0.3 is 0 Å². The van der Waals surface area contributed by atoms with E-state index in [-0.39, 0.29) is 6.61 Å². The van der Waals surface area contributed by atoms with Gasteiger partial charge in [0.15, 0.2) is 11.5 Å². The van der Waals surface area contributed by atoms with Crippen molar-refractivity contribution in [2.75, 3.05) is 21.3 Å². The van der Waals surface area contributed by atoms with Crippen molar-refractivity contribution in [1.29, 1.82) is 0 Å². The third-order valence-corrected chi connectivity index (χ3v) is 2.76. The lowest BCUT2D eigenvalue weighted by atomic mass is 10.1. The summed E-state index contributed by atoms with van der Waals surface area (Å²) in [4.78, 5) is 7.21. The molecule has 1 aromatic heterocycles. The van der Waals surface area contributed by atoms with Gasteiger partial charge in [-0.2, -0.15) is 0 Å². The van der Waals surface area contributed by atoms with E-state index in [9.17, 15) is 0 Å². The summed E-state index contributed by atoms with van der Waals surface area (Å²) in [7, 11) is 4.70. The van der Waals surface area contributed by atoms with E-state index < -0.39 is 0 Å². The number of hydrogen-bond donors (Lipinski definition) is 2. The molecule has 2 rings (SSSR count). The standard InChI is InChI=1S/C13H16N2O4/c1-17-10-5-12(19-3)11(18-2)4-9(10)13-14-6-8(7-16)15-13/h4-6,16H,7H2,1-3H3,(H,14,15). The molecular formula is C13H16N2O4. The summed E-state index contributed by atoms with van der Waals surface area (Å²) in [5.41, 5.74) is 1.37. The van der Waals surface area contributed by atoms with E-state index in [0.29, 0.717) is 28.8 Å². The number of nitrogens with one attached hydrogen (secondary N) is 1. The predicted molar refractivity (Wildman–Crippen MR) is 69.6 cm³/mol. The number of ether oxygens (including phenoxy) is 3. The molecule has 1 heterocycles. The number of nitrogens with zero attached hydrogens (tertiary/aromatic N) is 1. The van der Waals surface area contributed by atoms with Crippen LogP contribution in [0.15, 0.2) is 18.3 Å². The second-order valence-electron chi connectivity index (χ2n) is 3.82. The van der Waals surface area contributed by atoms with Crippen LogP contribution >= 0.6 is 0 Å². The van der Waals surface area contributed by atoms with Gasteiger partial charge in [0.2, 0.25) is 0 Å². The molecule has 102 valence electrons. The van der Waals surface area contributed by atoms with Crippen LogP contribution in [0.2, 0.25) is 0 Å². The fraction of sp³-hybridized carbons (Fsp3) is 0.308. The quantitative estimate of drug-likeness (QED) is 0.857. The number of imidazole rings is 1. The first-order valence-corrected chi connectivity index (χ1v) is 5.68. The third-order valence-electron chi connectivity index (χ3n) is 2.76. The van der Waals surface area contributed by atoms with Gasteiger partial charge in [-0.05, 0) is 6.07 Å². The van der Waals surface area contributed by atoms with E-state index >= 15 is 0 Å². The number of aromatic nitrogens is 2. The zero-order chi connectivity index (χ0) is 13.8. The molecule has 0 aliphatic rings. The molecule has 0 unspecified atom stereocenters. The number of rotatable bonds is 5. The van der Waals surface area contributed by atoms with Gasteiger partial charge < -0.3 is 24.3 Å². The van der Waals surface area contributed by atoms with Crippen LogP contribution in [0.25, 0.3) is 11.4 Å². The van der Waals surface area contributed by atoms with Crippen LogP contribution in [0, 0.1) is 0 Å².